The molecule has 19 heavy (non-hydrogen) atoms. The number of halogens is 3. The minimum atomic E-state index is -3.04. The van der Waals surface area contributed by atoms with E-state index in [0.29, 0.717) is 0 Å². The van der Waals surface area contributed by atoms with Crippen LogP contribution in [0.15, 0.2) is 18.2 Å². The Morgan fingerprint density at radius 3 is 2.58 bits per heavy atom. The van der Waals surface area contributed by atoms with Gasteiger partial charge < -0.3 is 14.6 Å². The first-order valence-electron chi connectivity index (χ1n) is 5.59. The van der Waals surface area contributed by atoms with Gasteiger partial charge in [0, 0.05) is 6.07 Å². The molecule has 104 valence electrons. The molecule has 7 heteroatoms. The highest BCUT2D eigenvalue weighted by molar-refractivity contribution is 5.71. The quantitative estimate of drug-likeness (QED) is 0.898. The predicted molar refractivity (Wildman–Crippen MR) is 57.8 cm³/mol. The molecule has 0 heterocycles. The van der Waals surface area contributed by atoms with E-state index in [1.54, 1.807) is 0 Å². The molecule has 0 radical (unpaired) electrons. The van der Waals surface area contributed by atoms with Crippen molar-refractivity contribution in [3.05, 3.63) is 24.0 Å². The summed E-state index contributed by atoms with van der Waals surface area (Å²) in [5, 5.41) is 8.70. The lowest BCUT2D eigenvalue weighted by Gasteiger charge is -2.32. The van der Waals surface area contributed by atoms with Crippen LogP contribution >= 0.6 is 0 Å². The fourth-order valence-corrected chi connectivity index (χ4v) is 1.81. The molecule has 0 amide bonds. The van der Waals surface area contributed by atoms with Crippen LogP contribution in [0, 0.1) is 11.7 Å². The lowest BCUT2D eigenvalue weighted by atomic mass is 9.82. The molecular weight excluding hydrogens is 265 g/mol. The maximum Gasteiger partial charge on any atom is 0.387 e. The van der Waals surface area contributed by atoms with Crippen molar-refractivity contribution in [1.29, 1.82) is 0 Å². The molecule has 0 aliphatic heterocycles. The summed E-state index contributed by atoms with van der Waals surface area (Å²) in [5.41, 5.74) is 0. The number of hydrogen-bond acceptors (Lipinski definition) is 3. The van der Waals surface area contributed by atoms with Gasteiger partial charge in [0.2, 0.25) is 0 Å². The summed E-state index contributed by atoms with van der Waals surface area (Å²) in [7, 11) is 0. The average molecular weight is 276 g/mol. The molecule has 1 N–H and O–H groups in total. The van der Waals surface area contributed by atoms with Crippen molar-refractivity contribution < 1.29 is 32.5 Å². The number of alkyl halides is 2. The van der Waals surface area contributed by atoms with Crippen molar-refractivity contribution in [2.75, 3.05) is 0 Å². The molecule has 0 saturated heterocycles. The Bertz CT molecular complexity index is 472. The molecule has 1 aromatic rings. The van der Waals surface area contributed by atoms with Gasteiger partial charge in [0.05, 0.1) is 5.92 Å². The first-order chi connectivity index (χ1) is 8.95. The average Bonchev–Trinajstić information content (AvgIpc) is 2.25. The Labute approximate surface area is 106 Å². The van der Waals surface area contributed by atoms with Gasteiger partial charge in [-0.3, -0.25) is 4.79 Å². The van der Waals surface area contributed by atoms with E-state index < -0.39 is 30.4 Å². The minimum Gasteiger partial charge on any atom is -0.486 e. The largest absolute Gasteiger partial charge is 0.486 e. The number of carbonyl (C=O) groups is 1. The van der Waals surface area contributed by atoms with E-state index in [2.05, 4.69) is 4.74 Å². The van der Waals surface area contributed by atoms with Crippen LogP contribution in [0.2, 0.25) is 0 Å². The topological polar surface area (TPSA) is 55.8 Å². The summed E-state index contributed by atoms with van der Waals surface area (Å²) < 4.78 is 46.8. The van der Waals surface area contributed by atoms with Gasteiger partial charge in [-0.25, -0.2) is 4.39 Å². The van der Waals surface area contributed by atoms with Crippen LogP contribution in [0.3, 0.4) is 0 Å². The van der Waals surface area contributed by atoms with Gasteiger partial charge in [-0.2, -0.15) is 8.78 Å². The van der Waals surface area contributed by atoms with E-state index in [1.165, 1.54) is 0 Å². The second-order valence-electron chi connectivity index (χ2n) is 4.22. The fourth-order valence-electron chi connectivity index (χ4n) is 1.81. The van der Waals surface area contributed by atoms with Crippen molar-refractivity contribution in [2.24, 2.45) is 5.92 Å². The zero-order chi connectivity index (χ0) is 14.0. The normalized spacial score (nSPS) is 21.9. The van der Waals surface area contributed by atoms with Crippen molar-refractivity contribution in [3.63, 3.8) is 0 Å². The second kappa shape index (κ2) is 5.38. The Morgan fingerprint density at radius 2 is 2.00 bits per heavy atom. The highest BCUT2D eigenvalue weighted by atomic mass is 19.3. The van der Waals surface area contributed by atoms with Crippen LogP contribution in [0.5, 0.6) is 11.5 Å². The second-order valence-corrected chi connectivity index (χ2v) is 4.22. The van der Waals surface area contributed by atoms with Gasteiger partial charge in [0.25, 0.3) is 0 Å². The van der Waals surface area contributed by atoms with E-state index in [0.717, 1.165) is 18.2 Å². The van der Waals surface area contributed by atoms with Crippen molar-refractivity contribution in [2.45, 2.75) is 25.6 Å². The fraction of sp³-hybridized carbons (Fsp3) is 0.417. The van der Waals surface area contributed by atoms with Gasteiger partial charge >= 0.3 is 12.6 Å². The highest BCUT2D eigenvalue weighted by Gasteiger charge is 2.36. The first kappa shape index (κ1) is 13.5. The Balaban J connectivity index is 2.03. The maximum absolute atomic E-state index is 13.0. The van der Waals surface area contributed by atoms with E-state index in [-0.39, 0.29) is 24.3 Å². The molecular formula is C12H11F3O4. The van der Waals surface area contributed by atoms with Crippen LogP contribution in [0.1, 0.15) is 12.8 Å². The molecule has 0 unspecified atom stereocenters. The highest BCUT2D eigenvalue weighted by Crippen LogP contribution is 2.36. The number of ether oxygens (including phenoxy) is 2. The minimum absolute atomic E-state index is 0.144. The van der Waals surface area contributed by atoms with Gasteiger partial charge in [-0.15, -0.1) is 0 Å². The standard InChI is InChI=1S/C12H11F3O4/c13-7-1-2-9(19-12(14)15)10(5-7)18-8-3-6(4-8)11(16)17/h1-2,5-6,8,12H,3-4H2,(H,16,17)/t6-,8-. The third kappa shape index (κ3) is 3.30. The smallest absolute Gasteiger partial charge is 0.387 e. The third-order valence-electron chi connectivity index (χ3n) is 2.86. The molecule has 1 aromatic carbocycles. The molecule has 0 atom stereocenters. The molecule has 1 aliphatic rings. The van der Waals surface area contributed by atoms with E-state index in [4.69, 9.17) is 9.84 Å². The number of hydrogen-bond donors (Lipinski definition) is 1. The van der Waals surface area contributed by atoms with Gasteiger partial charge in [0.1, 0.15) is 11.9 Å². The van der Waals surface area contributed by atoms with Crippen molar-refractivity contribution in [3.8, 4) is 11.5 Å². The summed E-state index contributed by atoms with van der Waals surface area (Å²) in [6, 6.07) is 2.96. The lowest BCUT2D eigenvalue weighted by molar-refractivity contribution is -0.148. The molecule has 0 spiro atoms. The summed E-state index contributed by atoms with van der Waals surface area (Å²) in [4.78, 5) is 10.6. The zero-order valence-corrected chi connectivity index (χ0v) is 9.68. The molecule has 0 aromatic heterocycles. The summed E-state index contributed by atoms with van der Waals surface area (Å²) >= 11 is 0. The SMILES string of the molecule is O=C(O)[C@H]1C[C@H](Oc2cc(F)ccc2OC(F)F)C1. The number of rotatable bonds is 5. The molecule has 2 rings (SSSR count). The van der Waals surface area contributed by atoms with Gasteiger partial charge in [0.15, 0.2) is 11.5 Å². The predicted octanol–water partition coefficient (Wildman–Crippen LogP) is 2.67. The van der Waals surface area contributed by atoms with Gasteiger partial charge in [-0.05, 0) is 25.0 Å². The Morgan fingerprint density at radius 1 is 1.32 bits per heavy atom. The lowest BCUT2D eigenvalue weighted by Crippen LogP contribution is -2.38. The van der Waals surface area contributed by atoms with Crippen molar-refractivity contribution in [1.82, 2.24) is 0 Å². The number of benzene rings is 1. The molecule has 1 fully saturated rings. The van der Waals surface area contributed by atoms with Crippen LogP contribution in [-0.4, -0.2) is 23.8 Å². The summed E-state index contributed by atoms with van der Waals surface area (Å²) in [5.74, 6) is -2.49. The molecule has 1 aliphatic carbocycles. The summed E-state index contributed by atoms with van der Waals surface area (Å²) in [6.45, 7) is -3.04. The molecule has 4 nitrogen and oxygen atoms in total. The Hall–Kier alpha value is -1.92. The van der Waals surface area contributed by atoms with E-state index in [9.17, 15) is 18.0 Å². The number of aliphatic carboxylic acids is 1. The monoisotopic (exact) mass is 276 g/mol. The van der Waals surface area contributed by atoms with Crippen LogP contribution in [0.4, 0.5) is 13.2 Å². The Kier molecular flexibility index (Phi) is 3.82. The molecule has 1 saturated carbocycles. The van der Waals surface area contributed by atoms with E-state index >= 15 is 0 Å². The van der Waals surface area contributed by atoms with Crippen LogP contribution < -0.4 is 9.47 Å². The van der Waals surface area contributed by atoms with Crippen LogP contribution in [-0.2, 0) is 4.79 Å². The number of carboxylic acids is 1. The third-order valence-corrected chi connectivity index (χ3v) is 2.86. The summed E-state index contributed by atoms with van der Waals surface area (Å²) in [6.07, 6.45) is 0.0999. The number of carboxylic acid groups (broad SMARTS) is 1. The zero-order valence-electron chi connectivity index (χ0n) is 9.68. The first-order valence-corrected chi connectivity index (χ1v) is 5.59. The molecule has 0 bridgehead atoms. The van der Waals surface area contributed by atoms with Gasteiger partial charge in [-0.1, -0.05) is 0 Å². The maximum atomic E-state index is 13.0. The van der Waals surface area contributed by atoms with Crippen molar-refractivity contribution >= 4 is 5.97 Å². The van der Waals surface area contributed by atoms with E-state index in [1.807, 2.05) is 0 Å². The van der Waals surface area contributed by atoms with Crippen LogP contribution in [0.25, 0.3) is 0 Å².